The molecule has 0 aliphatic rings. The Hall–Kier alpha value is -2.83. The van der Waals surface area contributed by atoms with Crippen LogP contribution in [0.2, 0.25) is 0 Å². The van der Waals surface area contributed by atoms with Gasteiger partial charge in [-0.2, -0.15) is 0 Å². The summed E-state index contributed by atoms with van der Waals surface area (Å²) < 4.78 is 1.13. The number of nitro groups is 1. The zero-order valence-electron chi connectivity index (χ0n) is 14.5. The predicted octanol–water partition coefficient (Wildman–Crippen LogP) is 4.19. The standard InChI is InChI=1S/C17H12BrN5O4S2/c18-11-6-2-1-5-10(11)15(25)20-16-21-22-17(29-16)28-9-14(24)19-12-7-3-4-8-13(12)23(26)27/h1-8H,9H2,(H,19,24)(H,20,21,25). The van der Waals surface area contributed by atoms with E-state index in [0.29, 0.717) is 19.5 Å². The van der Waals surface area contributed by atoms with Crippen molar-refractivity contribution in [2.45, 2.75) is 4.34 Å². The molecule has 0 aliphatic carbocycles. The zero-order valence-corrected chi connectivity index (χ0v) is 17.7. The third-order valence-electron chi connectivity index (χ3n) is 3.45. The van der Waals surface area contributed by atoms with Gasteiger partial charge in [0.2, 0.25) is 11.0 Å². The molecule has 12 heteroatoms. The fraction of sp³-hybridized carbons (Fsp3) is 0.0588. The van der Waals surface area contributed by atoms with Gasteiger partial charge in [0.05, 0.1) is 16.2 Å². The van der Waals surface area contributed by atoms with Crippen LogP contribution < -0.4 is 10.6 Å². The van der Waals surface area contributed by atoms with Gasteiger partial charge in [-0.3, -0.25) is 25.0 Å². The fourth-order valence-electron chi connectivity index (χ4n) is 2.18. The van der Waals surface area contributed by atoms with Crippen LogP contribution in [0.15, 0.2) is 57.3 Å². The third-order valence-corrected chi connectivity index (χ3v) is 6.11. The smallest absolute Gasteiger partial charge is 0.292 e. The Morgan fingerprint density at radius 1 is 1.10 bits per heavy atom. The molecule has 0 saturated heterocycles. The van der Waals surface area contributed by atoms with E-state index < -0.39 is 10.8 Å². The number of rotatable bonds is 7. The van der Waals surface area contributed by atoms with Crippen LogP contribution in [0, 0.1) is 10.1 Å². The summed E-state index contributed by atoms with van der Waals surface area (Å²) in [5.41, 5.74) is 0.404. The van der Waals surface area contributed by atoms with E-state index in [1.165, 1.54) is 18.2 Å². The van der Waals surface area contributed by atoms with E-state index in [2.05, 4.69) is 36.8 Å². The zero-order chi connectivity index (χ0) is 20.8. The van der Waals surface area contributed by atoms with E-state index >= 15 is 0 Å². The molecule has 2 aromatic carbocycles. The summed E-state index contributed by atoms with van der Waals surface area (Å²) in [4.78, 5) is 34.8. The first-order chi connectivity index (χ1) is 13.9. The summed E-state index contributed by atoms with van der Waals surface area (Å²) in [6.07, 6.45) is 0. The molecule has 0 spiro atoms. The lowest BCUT2D eigenvalue weighted by Gasteiger charge is -2.04. The van der Waals surface area contributed by atoms with E-state index in [0.717, 1.165) is 23.1 Å². The van der Waals surface area contributed by atoms with Crippen molar-refractivity contribution in [1.29, 1.82) is 0 Å². The van der Waals surface area contributed by atoms with Crippen LogP contribution in [0.25, 0.3) is 0 Å². The molecule has 0 bridgehead atoms. The maximum atomic E-state index is 12.3. The first-order valence-electron chi connectivity index (χ1n) is 7.99. The van der Waals surface area contributed by atoms with Crippen molar-refractivity contribution in [1.82, 2.24) is 10.2 Å². The molecule has 29 heavy (non-hydrogen) atoms. The van der Waals surface area contributed by atoms with Crippen molar-refractivity contribution in [2.75, 3.05) is 16.4 Å². The van der Waals surface area contributed by atoms with Gasteiger partial charge in [-0.25, -0.2) is 0 Å². The van der Waals surface area contributed by atoms with Crippen LogP contribution in [0.5, 0.6) is 0 Å². The first-order valence-corrected chi connectivity index (χ1v) is 10.6. The van der Waals surface area contributed by atoms with E-state index in [1.807, 2.05) is 0 Å². The fourth-order valence-corrected chi connectivity index (χ4v) is 4.19. The van der Waals surface area contributed by atoms with Crippen LogP contribution in [-0.4, -0.2) is 32.7 Å². The number of thioether (sulfide) groups is 1. The monoisotopic (exact) mass is 493 g/mol. The summed E-state index contributed by atoms with van der Waals surface area (Å²) in [5, 5.41) is 24.3. The van der Waals surface area contributed by atoms with Crippen molar-refractivity contribution >= 4 is 67.3 Å². The van der Waals surface area contributed by atoms with Gasteiger partial charge in [-0.1, -0.05) is 47.4 Å². The average molecular weight is 494 g/mol. The highest BCUT2D eigenvalue weighted by Gasteiger charge is 2.16. The van der Waals surface area contributed by atoms with Crippen LogP contribution in [0.1, 0.15) is 10.4 Å². The summed E-state index contributed by atoms with van der Waals surface area (Å²) in [6.45, 7) is 0. The number of nitrogens with one attached hydrogen (secondary N) is 2. The second-order valence-electron chi connectivity index (χ2n) is 5.42. The van der Waals surface area contributed by atoms with Crippen LogP contribution in [0.4, 0.5) is 16.5 Å². The van der Waals surface area contributed by atoms with Crippen LogP contribution >= 0.6 is 39.0 Å². The van der Waals surface area contributed by atoms with Gasteiger partial charge >= 0.3 is 0 Å². The average Bonchev–Trinajstić information content (AvgIpc) is 3.14. The number of hydrogen-bond donors (Lipinski definition) is 2. The molecule has 3 rings (SSSR count). The number of amides is 2. The molecule has 0 saturated carbocycles. The summed E-state index contributed by atoms with van der Waals surface area (Å²) in [6, 6.07) is 12.9. The Morgan fingerprint density at radius 2 is 1.83 bits per heavy atom. The highest BCUT2D eigenvalue weighted by Crippen LogP contribution is 2.28. The molecule has 0 aliphatic heterocycles. The number of hydrogen-bond acceptors (Lipinski definition) is 8. The second-order valence-corrected chi connectivity index (χ2v) is 8.47. The maximum absolute atomic E-state index is 12.3. The molecule has 0 fully saturated rings. The number of aromatic nitrogens is 2. The Kier molecular flexibility index (Phi) is 6.90. The second kappa shape index (κ2) is 9.58. The van der Waals surface area contributed by atoms with Crippen molar-refractivity contribution in [3.63, 3.8) is 0 Å². The number of halogens is 1. The summed E-state index contributed by atoms with van der Waals surface area (Å²) in [5.74, 6) is -0.767. The van der Waals surface area contributed by atoms with E-state index in [4.69, 9.17) is 0 Å². The van der Waals surface area contributed by atoms with Crippen LogP contribution in [0.3, 0.4) is 0 Å². The Labute approximate surface area is 181 Å². The van der Waals surface area contributed by atoms with Gasteiger partial charge in [0, 0.05) is 10.5 Å². The number of para-hydroxylation sites is 2. The van der Waals surface area contributed by atoms with Crippen molar-refractivity contribution in [2.24, 2.45) is 0 Å². The van der Waals surface area contributed by atoms with Crippen LogP contribution in [-0.2, 0) is 4.79 Å². The number of benzene rings is 2. The molecule has 148 valence electrons. The van der Waals surface area contributed by atoms with Crippen molar-refractivity contribution in [3.8, 4) is 0 Å². The highest BCUT2D eigenvalue weighted by molar-refractivity contribution is 9.10. The van der Waals surface area contributed by atoms with Gasteiger partial charge in [-0.15, -0.1) is 10.2 Å². The lowest BCUT2D eigenvalue weighted by Crippen LogP contribution is -2.15. The van der Waals surface area contributed by atoms with Gasteiger partial charge < -0.3 is 5.32 Å². The Bertz CT molecular complexity index is 1080. The number of anilines is 2. The minimum Gasteiger partial charge on any atom is -0.320 e. The van der Waals surface area contributed by atoms with Gasteiger partial charge in [0.1, 0.15) is 5.69 Å². The lowest BCUT2D eigenvalue weighted by molar-refractivity contribution is -0.383. The van der Waals surface area contributed by atoms with Gasteiger partial charge in [0.25, 0.3) is 11.6 Å². The van der Waals surface area contributed by atoms with E-state index in [-0.39, 0.29) is 23.0 Å². The number of carbonyl (C=O) groups is 2. The molecular weight excluding hydrogens is 482 g/mol. The molecule has 0 radical (unpaired) electrons. The SMILES string of the molecule is O=C(CSc1nnc(NC(=O)c2ccccc2Br)s1)Nc1ccccc1[N+](=O)[O-]. The minimum atomic E-state index is -0.562. The topological polar surface area (TPSA) is 127 Å². The Balaban J connectivity index is 1.55. The van der Waals surface area contributed by atoms with E-state index in [9.17, 15) is 19.7 Å². The first kappa shape index (κ1) is 20.9. The molecule has 2 N–H and O–H groups in total. The number of nitro benzene ring substituents is 1. The number of carbonyl (C=O) groups excluding carboxylic acids is 2. The lowest BCUT2D eigenvalue weighted by atomic mass is 10.2. The molecule has 0 unspecified atom stereocenters. The molecule has 3 aromatic rings. The molecule has 2 amide bonds. The molecule has 9 nitrogen and oxygen atoms in total. The molecule has 1 aromatic heterocycles. The molecule has 0 atom stereocenters. The quantitative estimate of drug-likeness (QED) is 0.218. The largest absolute Gasteiger partial charge is 0.320 e. The summed E-state index contributed by atoms with van der Waals surface area (Å²) >= 11 is 5.55. The molecular formula is C17H12BrN5O4S2. The maximum Gasteiger partial charge on any atom is 0.292 e. The van der Waals surface area contributed by atoms with Gasteiger partial charge in [0.15, 0.2) is 4.34 Å². The van der Waals surface area contributed by atoms with Gasteiger partial charge in [-0.05, 0) is 34.1 Å². The highest BCUT2D eigenvalue weighted by atomic mass is 79.9. The Morgan fingerprint density at radius 3 is 2.59 bits per heavy atom. The predicted molar refractivity (Wildman–Crippen MR) is 114 cm³/mol. The van der Waals surface area contributed by atoms with Crippen molar-refractivity contribution < 1.29 is 14.5 Å². The molecule has 1 heterocycles. The van der Waals surface area contributed by atoms with Crippen molar-refractivity contribution in [3.05, 3.63) is 68.7 Å². The third kappa shape index (κ3) is 5.59. The number of nitrogens with zero attached hydrogens (tertiary/aromatic N) is 3. The summed E-state index contributed by atoms with van der Waals surface area (Å²) in [7, 11) is 0. The minimum absolute atomic E-state index is 0.0150. The normalized spacial score (nSPS) is 10.4. The van der Waals surface area contributed by atoms with E-state index in [1.54, 1.807) is 30.3 Å².